The van der Waals surface area contributed by atoms with Crippen molar-refractivity contribution in [2.75, 3.05) is 0 Å². The number of nitro benzene ring substituents is 1. The van der Waals surface area contributed by atoms with E-state index in [0.29, 0.717) is 0 Å². The highest BCUT2D eigenvalue weighted by Gasteiger charge is 2.06. The lowest BCUT2D eigenvalue weighted by atomic mass is 10.0. The third kappa shape index (κ3) is 3.67. The molecular formula is C11H16N2O2. The van der Waals surface area contributed by atoms with Gasteiger partial charge in [0.25, 0.3) is 5.69 Å². The zero-order valence-electron chi connectivity index (χ0n) is 8.85. The quantitative estimate of drug-likeness (QED) is 0.596. The van der Waals surface area contributed by atoms with E-state index in [1.54, 1.807) is 12.1 Å². The van der Waals surface area contributed by atoms with Gasteiger partial charge in [0, 0.05) is 18.2 Å². The average Bonchev–Trinajstić information content (AvgIpc) is 2.26. The normalized spacial score (nSPS) is 12.4. The van der Waals surface area contributed by atoms with E-state index in [-0.39, 0.29) is 16.7 Å². The molecule has 4 nitrogen and oxygen atoms in total. The molecule has 0 spiro atoms. The van der Waals surface area contributed by atoms with Crippen molar-refractivity contribution in [3.63, 3.8) is 0 Å². The molecule has 0 aromatic heterocycles. The number of hydrogen-bond acceptors (Lipinski definition) is 3. The van der Waals surface area contributed by atoms with E-state index >= 15 is 0 Å². The Balaban J connectivity index is 2.62. The fourth-order valence-electron chi connectivity index (χ4n) is 1.38. The Labute approximate surface area is 89.2 Å². The first-order valence-electron chi connectivity index (χ1n) is 5.12. The van der Waals surface area contributed by atoms with Gasteiger partial charge in [-0.3, -0.25) is 10.1 Å². The Hall–Kier alpha value is -1.42. The van der Waals surface area contributed by atoms with Crippen LogP contribution in [0.5, 0.6) is 0 Å². The Bertz CT molecular complexity index is 339. The molecule has 0 saturated carbocycles. The maximum atomic E-state index is 10.5. The van der Waals surface area contributed by atoms with Crippen LogP contribution in [0.4, 0.5) is 5.69 Å². The molecule has 0 bridgehead atoms. The summed E-state index contributed by atoms with van der Waals surface area (Å²) in [5.74, 6) is 0. The lowest BCUT2D eigenvalue weighted by Crippen LogP contribution is -2.19. The SMILES string of the molecule is CCC(N)CCc1cccc([N+](=O)[O-])c1. The van der Waals surface area contributed by atoms with E-state index in [4.69, 9.17) is 5.73 Å². The van der Waals surface area contributed by atoms with Crippen molar-refractivity contribution in [3.05, 3.63) is 39.9 Å². The van der Waals surface area contributed by atoms with Gasteiger partial charge in [0.2, 0.25) is 0 Å². The summed E-state index contributed by atoms with van der Waals surface area (Å²) in [7, 11) is 0. The summed E-state index contributed by atoms with van der Waals surface area (Å²) in [5, 5.41) is 10.5. The molecule has 0 amide bonds. The summed E-state index contributed by atoms with van der Waals surface area (Å²) in [6.45, 7) is 2.04. The van der Waals surface area contributed by atoms with Gasteiger partial charge in [-0.1, -0.05) is 19.1 Å². The Morgan fingerprint density at radius 2 is 2.27 bits per heavy atom. The van der Waals surface area contributed by atoms with Crippen molar-refractivity contribution >= 4 is 5.69 Å². The molecule has 1 atom stereocenters. The van der Waals surface area contributed by atoms with Crippen LogP contribution in [0.25, 0.3) is 0 Å². The number of nitrogens with zero attached hydrogens (tertiary/aromatic N) is 1. The predicted octanol–water partition coefficient (Wildman–Crippen LogP) is 2.26. The van der Waals surface area contributed by atoms with Gasteiger partial charge in [-0.2, -0.15) is 0 Å². The van der Waals surface area contributed by atoms with Gasteiger partial charge < -0.3 is 5.73 Å². The molecule has 82 valence electrons. The average molecular weight is 208 g/mol. The topological polar surface area (TPSA) is 69.2 Å². The minimum absolute atomic E-state index is 0.151. The lowest BCUT2D eigenvalue weighted by molar-refractivity contribution is -0.384. The molecular weight excluding hydrogens is 192 g/mol. The molecule has 0 aliphatic heterocycles. The second-order valence-corrected chi connectivity index (χ2v) is 3.63. The summed E-state index contributed by atoms with van der Waals surface area (Å²) >= 11 is 0. The summed E-state index contributed by atoms with van der Waals surface area (Å²) < 4.78 is 0. The van der Waals surface area contributed by atoms with Gasteiger partial charge in [0.15, 0.2) is 0 Å². The number of aryl methyl sites for hydroxylation is 1. The minimum Gasteiger partial charge on any atom is -0.328 e. The maximum Gasteiger partial charge on any atom is 0.269 e. The summed E-state index contributed by atoms with van der Waals surface area (Å²) in [6, 6.07) is 6.91. The zero-order valence-corrected chi connectivity index (χ0v) is 8.85. The first kappa shape index (κ1) is 11.7. The Morgan fingerprint density at radius 1 is 1.53 bits per heavy atom. The lowest BCUT2D eigenvalue weighted by Gasteiger charge is -2.07. The van der Waals surface area contributed by atoms with E-state index in [0.717, 1.165) is 24.8 Å². The molecule has 2 N–H and O–H groups in total. The van der Waals surface area contributed by atoms with Crippen LogP contribution < -0.4 is 5.73 Å². The Morgan fingerprint density at radius 3 is 2.87 bits per heavy atom. The van der Waals surface area contributed by atoms with E-state index in [9.17, 15) is 10.1 Å². The predicted molar refractivity (Wildman–Crippen MR) is 59.7 cm³/mol. The number of hydrogen-bond donors (Lipinski definition) is 1. The second-order valence-electron chi connectivity index (χ2n) is 3.63. The number of nitrogens with two attached hydrogens (primary N) is 1. The van der Waals surface area contributed by atoms with Gasteiger partial charge in [-0.05, 0) is 24.8 Å². The maximum absolute atomic E-state index is 10.5. The van der Waals surface area contributed by atoms with E-state index in [1.165, 1.54) is 6.07 Å². The highest BCUT2D eigenvalue weighted by Crippen LogP contribution is 2.14. The third-order valence-electron chi connectivity index (χ3n) is 2.45. The molecule has 0 aliphatic carbocycles. The molecule has 0 fully saturated rings. The van der Waals surface area contributed by atoms with Crippen LogP contribution in [-0.4, -0.2) is 11.0 Å². The summed E-state index contributed by atoms with van der Waals surface area (Å²) in [6.07, 6.45) is 2.61. The number of nitro groups is 1. The number of benzene rings is 1. The largest absolute Gasteiger partial charge is 0.328 e. The summed E-state index contributed by atoms with van der Waals surface area (Å²) in [4.78, 5) is 10.2. The highest BCUT2D eigenvalue weighted by atomic mass is 16.6. The van der Waals surface area contributed by atoms with Gasteiger partial charge >= 0.3 is 0 Å². The van der Waals surface area contributed by atoms with Crippen LogP contribution in [0.15, 0.2) is 24.3 Å². The van der Waals surface area contributed by atoms with Crippen LogP contribution in [0.3, 0.4) is 0 Å². The van der Waals surface area contributed by atoms with E-state index < -0.39 is 0 Å². The van der Waals surface area contributed by atoms with Gasteiger partial charge in [0.1, 0.15) is 0 Å². The van der Waals surface area contributed by atoms with Crippen molar-refractivity contribution in [1.82, 2.24) is 0 Å². The van der Waals surface area contributed by atoms with Gasteiger partial charge in [-0.15, -0.1) is 0 Å². The number of non-ortho nitro benzene ring substituents is 1. The molecule has 1 unspecified atom stereocenters. The number of rotatable bonds is 5. The van der Waals surface area contributed by atoms with Crippen LogP contribution in [-0.2, 0) is 6.42 Å². The molecule has 0 radical (unpaired) electrons. The van der Waals surface area contributed by atoms with Crippen LogP contribution >= 0.6 is 0 Å². The van der Waals surface area contributed by atoms with Gasteiger partial charge in [0.05, 0.1) is 4.92 Å². The van der Waals surface area contributed by atoms with Crippen LogP contribution in [0.2, 0.25) is 0 Å². The first-order chi connectivity index (χ1) is 7.13. The monoisotopic (exact) mass is 208 g/mol. The summed E-state index contributed by atoms with van der Waals surface area (Å²) in [5.41, 5.74) is 6.92. The highest BCUT2D eigenvalue weighted by molar-refractivity contribution is 5.34. The van der Waals surface area contributed by atoms with Crippen molar-refractivity contribution in [2.45, 2.75) is 32.2 Å². The van der Waals surface area contributed by atoms with Gasteiger partial charge in [-0.25, -0.2) is 0 Å². The molecule has 4 heteroatoms. The van der Waals surface area contributed by atoms with E-state index in [1.807, 2.05) is 13.0 Å². The first-order valence-corrected chi connectivity index (χ1v) is 5.12. The van der Waals surface area contributed by atoms with Crippen LogP contribution in [0.1, 0.15) is 25.3 Å². The standard InChI is InChI=1S/C11H16N2O2/c1-2-10(12)7-6-9-4-3-5-11(8-9)13(14)15/h3-5,8,10H,2,6-7,12H2,1H3. The smallest absolute Gasteiger partial charge is 0.269 e. The molecule has 0 saturated heterocycles. The molecule has 1 aromatic carbocycles. The minimum atomic E-state index is -0.372. The van der Waals surface area contributed by atoms with Crippen molar-refractivity contribution < 1.29 is 4.92 Å². The third-order valence-corrected chi connectivity index (χ3v) is 2.45. The van der Waals surface area contributed by atoms with Crippen molar-refractivity contribution in [1.29, 1.82) is 0 Å². The molecule has 0 heterocycles. The fourth-order valence-corrected chi connectivity index (χ4v) is 1.38. The van der Waals surface area contributed by atoms with Crippen molar-refractivity contribution in [3.8, 4) is 0 Å². The van der Waals surface area contributed by atoms with Crippen molar-refractivity contribution in [2.24, 2.45) is 5.73 Å². The van der Waals surface area contributed by atoms with Crippen LogP contribution in [0, 0.1) is 10.1 Å². The fraction of sp³-hybridized carbons (Fsp3) is 0.455. The Kier molecular flexibility index (Phi) is 4.24. The molecule has 15 heavy (non-hydrogen) atoms. The second kappa shape index (κ2) is 5.46. The molecule has 1 rings (SSSR count). The molecule has 1 aromatic rings. The zero-order chi connectivity index (χ0) is 11.3. The van der Waals surface area contributed by atoms with E-state index in [2.05, 4.69) is 0 Å². The molecule has 0 aliphatic rings.